The number of carbonyl (C=O) groups excluding carboxylic acids is 1. The highest BCUT2D eigenvalue weighted by Gasteiger charge is 2.44. The van der Waals surface area contributed by atoms with E-state index in [2.05, 4.69) is 37.9 Å². The maximum atomic E-state index is 13.0. The average Bonchev–Trinajstić information content (AvgIpc) is 2.58. The summed E-state index contributed by atoms with van der Waals surface area (Å²) in [5.74, 6) is -0.850. The molecule has 22 heavy (non-hydrogen) atoms. The van der Waals surface area contributed by atoms with Crippen LogP contribution in [-0.4, -0.2) is 10.6 Å². The first-order chi connectivity index (χ1) is 10.6. The second-order valence-corrected chi connectivity index (χ2v) is 7.38. The van der Waals surface area contributed by atoms with E-state index in [1.54, 1.807) is 0 Å². The summed E-state index contributed by atoms with van der Waals surface area (Å²) in [6, 6.07) is 19.4. The SMILES string of the molecule is N#C[C@H]1[C@@H](Br)[C@@H](Br)c2ccccc2[C@H]1C(=O)c1ccccc1. The summed E-state index contributed by atoms with van der Waals surface area (Å²) in [5, 5.41) is 9.62. The van der Waals surface area contributed by atoms with Crippen LogP contribution in [0.25, 0.3) is 0 Å². The molecule has 4 atom stereocenters. The zero-order chi connectivity index (χ0) is 15.7. The molecule has 0 aromatic heterocycles. The molecule has 110 valence electrons. The van der Waals surface area contributed by atoms with Crippen molar-refractivity contribution in [2.24, 2.45) is 5.92 Å². The summed E-state index contributed by atoms with van der Waals surface area (Å²) in [5.41, 5.74) is 2.67. The molecule has 3 rings (SSSR count). The van der Waals surface area contributed by atoms with Crippen molar-refractivity contribution in [3.8, 4) is 6.07 Å². The Balaban J connectivity index is 2.14. The third-order valence-corrected chi connectivity index (χ3v) is 6.97. The average molecular weight is 419 g/mol. The molecule has 0 spiro atoms. The maximum absolute atomic E-state index is 13.0. The molecule has 0 radical (unpaired) electrons. The molecule has 0 bridgehead atoms. The molecule has 0 amide bonds. The summed E-state index contributed by atoms with van der Waals surface area (Å²) in [6.45, 7) is 0. The molecule has 0 aliphatic heterocycles. The number of nitrogens with zero attached hydrogens (tertiary/aromatic N) is 1. The molecule has 2 aromatic carbocycles. The minimum atomic E-state index is -0.443. The van der Waals surface area contributed by atoms with Gasteiger partial charge in [-0.15, -0.1) is 0 Å². The van der Waals surface area contributed by atoms with Crippen LogP contribution in [0.3, 0.4) is 0 Å². The molecule has 0 unspecified atom stereocenters. The molecule has 0 N–H and O–H groups in total. The maximum Gasteiger partial charge on any atom is 0.171 e. The van der Waals surface area contributed by atoms with Crippen molar-refractivity contribution in [1.82, 2.24) is 0 Å². The lowest BCUT2D eigenvalue weighted by Crippen LogP contribution is -2.35. The number of halogens is 2. The van der Waals surface area contributed by atoms with Gasteiger partial charge >= 0.3 is 0 Å². The van der Waals surface area contributed by atoms with Crippen LogP contribution in [0.4, 0.5) is 0 Å². The van der Waals surface area contributed by atoms with E-state index in [1.165, 1.54) is 0 Å². The van der Waals surface area contributed by atoms with Gasteiger partial charge < -0.3 is 0 Å². The zero-order valence-corrected chi connectivity index (χ0v) is 14.8. The van der Waals surface area contributed by atoms with Crippen molar-refractivity contribution in [1.29, 1.82) is 5.26 Å². The molecular weight excluding hydrogens is 406 g/mol. The zero-order valence-electron chi connectivity index (χ0n) is 11.6. The Morgan fingerprint density at radius 2 is 1.55 bits per heavy atom. The van der Waals surface area contributed by atoms with E-state index < -0.39 is 11.8 Å². The number of hydrogen-bond donors (Lipinski definition) is 0. The van der Waals surface area contributed by atoms with Gasteiger partial charge in [0.1, 0.15) is 0 Å². The summed E-state index contributed by atoms with van der Waals surface area (Å²) >= 11 is 7.27. The predicted octanol–water partition coefficient (Wildman–Crippen LogP) is 5.01. The molecule has 4 heteroatoms. The number of nitriles is 1. The van der Waals surface area contributed by atoms with E-state index in [0.29, 0.717) is 5.56 Å². The van der Waals surface area contributed by atoms with Crippen molar-refractivity contribution >= 4 is 37.6 Å². The number of fused-ring (bicyclic) bond motifs is 1. The molecule has 0 heterocycles. The fourth-order valence-corrected chi connectivity index (χ4v) is 4.46. The number of hydrogen-bond acceptors (Lipinski definition) is 2. The van der Waals surface area contributed by atoms with Crippen LogP contribution in [0.5, 0.6) is 0 Å². The van der Waals surface area contributed by atoms with E-state index in [0.717, 1.165) is 11.1 Å². The van der Waals surface area contributed by atoms with E-state index in [-0.39, 0.29) is 15.4 Å². The van der Waals surface area contributed by atoms with Crippen LogP contribution in [0.15, 0.2) is 54.6 Å². The van der Waals surface area contributed by atoms with Gasteiger partial charge in [-0.05, 0) is 11.1 Å². The van der Waals surface area contributed by atoms with Gasteiger partial charge in [0.2, 0.25) is 0 Å². The van der Waals surface area contributed by atoms with Crippen LogP contribution in [0.1, 0.15) is 32.2 Å². The minimum Gasteiger partial charge on any atom is -0.293 e. The summed E-state index contributed by atoms with van der Waals surface area (Å²) < 4.78 is 0. The predicted molar refractivity (Wildman–Crippen MR) is 93.4 cm³/mol. The lowest BCUT2D eigenvalue weighted by atomic mass is 9.72. The number of ketones is 1. The first-order valence-corrected chi connectivity index (χ1v) is 8.84. The summed E-state index contributed by atoms with van der Waals surface area (Å²) in [7, 11) is 0. The van der Waals surface area contributed by atoms with Crippen LogP contribution in [0.2, 0.25) is 0 Å². The molecule has 0 saturated heterocycles. The number of benzene rings is 2. The Hall–Kier alpha value is -1.44. The van der Waals surface area contributed by atoms with Gasteiger partial charge in [-0.1, -0.05) is 86.5 Å². The van der Waals surface area contributed by atoms with Gasteiger partial charge in [0, 0.05) is 10.4 Å². The highest BCUT2D eigenvalue weighted by Crippen LogP contribution is 2.49. The third-order valence-electron chi connectivity index (χ3n) is 4.10. The van der Waals surface area contributed by atoms with E-state index >= 15 is 0 Å². The number of Topliss-reactive ketones (excluding diaryl/α,β-unsaturated/α-hetero) is 1. The summed E-state index contributed by atoms with van der Waals surface area (Å²) in [6.07, 6.45) is 0. The van der Waals surface area contributed by atoms with Crippen molar-refractivity contribution in [2.75, 3.05) is 0 Å². The van der Waals surface area contributed by atoms with E-state index in [1.807, 2.05) is 54.6 Å². The largest absolute Gasteiger partial charge is 0.293 e. The Bertz CT molecular complexity index is 738. The molecule has 1 aliphatic carbocycles. The fourth-order valence-electron chi connectivity index (χ4n) is 3.01. The normalized spacial score (nSPS) is 26.8. The van der Waals surface area contributed by atoms with Crippen LogP contribution >= 0.6 is 31.9 Å². The van der Waals surface area contributed by atoms with Gasteiger partial charge in [0.25, 0.3) is 0 Å². The van der Waals surface area contributed by atoms with Gasteiger partial charge in [-0.2, -0.15) is 5.26 Å². The van der Waals surface area contributed by atoms with Crippen LogP contribution < -0.4 is 0 Å². The Kier molecular flexibility index (Phi) is 4.46. The van der Waals surface area contributed by atoms with Gasteiger partial charge in [0.15, 0.2) is 5.78 Å². The lowest BCUT2D eigenvalue weighted by Gasteiger charge is -2.35. The molecule has 2 nitrogen and oxygen atoms in total. The Labute approximate surface area is 146 Å². The smallest absolute Gasteiger partial charge is 0.171 e. The third kappa shape index (κ3) is 2.53. The molecule has 0 fully saturated rings. The quantitative estimate of drug-likeness (QED) is 0.508. The molecular formula is C18H13Br2NO. The second-order valence-electron chi connectivity index (χ2n) is 5.34. The summed E-state index contributed by atoms with van der Waals surface area (Å²) in [4.78, 5) is 12.9. The Morgan fingerprint density at radius 3 is 2.18 bits per heavy atom. The molecule has 2 aromatic rings. The molecule has 0 saturated carbocycles. The van der Waals surface area contributed by atoms with E-state index in [4.69, 9.17) is 0 Å². The van der Waals surface area contributed by atoms with Crippen molar-refractivity contribution < 1.29 is 4.79 Å². The molecule has 1 aliphatic rings. The first-order valence-electron chi connectivity index (χ1n) is 7.01. The first kappa shape index (κ1) is 15.5. The highest BCUT2D eigenvalue weighted by atomic mass is 79.9. The van der Waals surface area contributed by atoms with Gasteiger partial charge in [0.05, 0.1) is 22.7 Å². The van der Waals surface area contributed by atoms with Crippen molar-refractivity contribution in [2.45, 2.75) is 15.6 Å². The van der Waals surface area contributed by atoms with Crippen LogP contribution in [-0.2, 0) is 0 Å². The van der Waals surface area contributed by atoms with Gasteiger partial charge in [-0.3, -0.25) is 4.79 Å². The topological polar surface area (TPSA) is 40.9 Å². The fraction of sp³-hybridized carbons (Fsp3) is 0.222. The highest BCUT2D eigenvalue weighted by molar-refractivity contribution is 9.12. The van der Waals surface area contributed by atoms with Crippen molar-refractivity contribution in [3.63, 3.8) is 0 Å². The lowest BCUT2D eigenvalue weighted by molar-refractivity contribution is 0.0936. The minimum absolute atomic E-state index is 0.00319. The number of carbonyl (C=O) groups is 1. The van der Waals surface area contributed by atoms with Gasteiger partial charge in [-0.25, -0.2) is 0 Å². The number of rotatable bonds is 2. The monoisotopic (exact) mass is 417 g/mol. The van der Waals surface area contributed by atoms with E-state index in [9.17, 15) is 10.1 Å². The standard InChI is InChI=1S/C18H13Br2NO/c19-16-13-9-5-4-8-12(13)15(14(10-21)17(16)20)18(22)11-6-2-1-3-7-11/h1-9,14-17H/t14-,15-,16+,17-/m1/s1. The van der Waals surface area contributed by atoms with Crippen LogP contribution in [0, 0.1) is 17.2 Å². The number of alkyl halides is 2. The Morgan fingerprint density at radius 1 is 0.955 bits per heavy atom. The second kappa shape index (κ2) is 6.36. The van der Waals surface area contributed by atoms with Crippen molar-refractivity contribution in [3.05, 3.63) is 71.3 Å².